The van der Waals surface area contributed by atoms with Gasteiger partial charge in [0.2, 0.25) is 0 Å². The SMILES string of the molecule is O=C(Oc1cccc2ccccc12)c1cccc(O)c1O. The van der Waals surface area contributed by atoms with Crippen LogP contribution in [0.4, 0.5) is 0 Å². The van der Waals surface area contributed by atoms with E-state index in [0.717, 1.165) is 10.8 Å². The van der Waals surface area contributed by atoms with Crippen LogP contribution in [0.1, 0.15) is 10.4 Å². The van der Waals surface area contributed by atoms with Gasteiger partial charge < -0.3 is 14.9 Å². The van der Waals surface area contributed by atoms with E-state index in [2.05, 4.69) is 0 Å². The molecule has 4 heteroatoms. The summed E-state index contributed by atoms with van der Waals surface area (Å²) in [4.78, 5) is 12.1. The number of benzene rings is 3. The van der Waals surface area contributed by atoms with Crippen molar-refractivity contribution in [2.75, 3.05) is 0 Å². The number of aromatic hydroxyl groups is 2. The summed E-state index contributed by atoms with van der Waals surface area (Å²) in [7, 11) is 0. The maximum absolute atomic E-state index is 12.1. The maximum atomic E-state index is 12.1. The molecule has 0 aliphatic carbocycles. The molecule has 0 spiro atoms. The van der Waals surface area contributed by atoms with E-state index in [9.17, 15) is 15.0 Å². The van der Waals surface area contributed by atoms with Crippen molar-refractivity contribution in [2.45, 2.75) is 0 Å². The highest BCUT2D eigenvalue weighted by molar-refractivity contribution is 5.97. The predicted molar refractivity (Wildman–Crippen MR) is 78.7 cm³/mol. The number of hydrogen-bond acceptors (Lipinski definition) is 4. The van der Waals surface area contributed by atoms with Crippen molar-refractivity contribution in [3.63, 3.8) is 0 Å². The molecular formula is C17H12O4. The van der Waals surface area contributed by atoms with E-state index in [-0.39, 0.29) is 11.3 Å². The Balaban J connectivity index is 1.99. The Morgan fingerprint density at radius 1 is 0.857 bits per heavy atom. The Bertz CT molecular complexity index is 819. The van der Waals surface area contributed by atoms with Gasteiger partial charge in [0.15, 0.2) is 11.5 Å². The van der Waals surface area contributed by atoms with Crippen LogP contribution in [0.3, 0.4) is 0 Å². The van der Waals surface area contributed by atoms with E-state index in [1.165, 1.54) is 18.2 Å². The lowest BCUT2D eigenvalue weighted by Gasteiger charge is -2.09. The Hall–Kier alpha value is -3.01. The summed E-state index contributed by atoms with van der Waals surface area (Å²) in [5, 5.41) is 20.9. The molecule has 0 amide bonds. The second kappa shape index (κ2) is 5.17. The Morgan fingerprint density at radius 2 is 1.57 bits per heavy atom. The molecule has 3 rings (SSSR count). The fourth-order valence-electron chi connectivity index (χ4n) is 2.14. The predicted octanol–water partition coefficient (Wildman–Crippen LogP) is 3.47. The zero-order valence-corrected chi connectivity index (χ0v) is 11.0. The first-order chi connectivity index (χ1) is 10.2. The average molecular weight is 280 g/mol. The number of rotatable bonds is 2. The van der Waals surface area contributed by atoms with Gasteiger partial charge in [0.1, 0.15) is 11.3 Å². The highest BCUT2D eigenvalue weighted by Crippen LogP contribution is 2.31. The molecule has 0 aliphatic heterocycles. The molecule has 2 N–H and O–H groups in total. The van der Waals surface area contributed by atoms with Crippen molar-refractivity contribution in [3.8, 4) is 17.2 Å². The third-order valence-electron chi connectivity index (χ3n) is 3.19. The van der Waals surface area contributed by atoms with E-state index < -0.39 is 11.7 Å². The second-order valence-corrected chi connectivity index (χ2v) is 4.54. The van der Waals surface area contributed by atoms with Crippen molar-refractivity contribution in [3.05, 3.63) is 66.2 Å². The first-order valence-corrected chi connectivity index (χ1v) is 6.37. The van der Waals surface area contributed by atoms with Gasteiger partial charge in [-0.05, 0) is 23.6 Å². The van der Waals surface area contributed by atoms with Crippen LogP contribution in [0.2, 0.25) is 0 Å². The summed E-state index contributed by atoms with van der Waals surface area (Å²) >= 11 is 0. The second-order valence-electron chi connectivity index (χ2n) is 4.54. The monoisotopic (exact) mass is 280 g/mol. The van der Waals surface area contributed by atoms with Crippen molar-refractivity contribution >= 4 is 16.7 Å². The van der Waals surface area contributed by atoms with Gasteiger partial charge in [-0.1, -0.05) is 42.5 Å². The van der Waals surface area contributed by atoms with Crippen LogP contribution < -0.4 is 4.74 Å². The van der Waals surface area contributed by atoms with Crippen LogP contribution >= 0.6 is 0 Å². The van der Waals surface area contributed by atoms with Crippen LogP contribution in [-0.2, 0) is 0 Å². The Morgan fingerprint density at radius 3 is 2.43 bits per heavy atom. The molecule has 0 unspecified atom stereocenters. The molecule has 3 aromatic rings. The molecule has 0 aliphatic rings. The minimum absolute atomic E-state index is 0.0806. The lowest BCUT2D eigenvalue weighted by molar-refractivity contribution is 0.0733. The van der Waals surface area contributed by atoms with Gasteiger partial charge >= 0.3 is 5.97 Å². The topological polar surface area (TPSA) is 66.8 Å². The van der Waals surface area contributed by atoms with Gasteiger partial charge in [0, 0.05) is 5.39 Å². The molecule has 0 bridgehead atoms. The molecular weight excluding hydrogens is 268 g/mol. The van der Waals surface area contributed by atoms with Crippen molar-refractivity contribution in [1.29, 1.82) is 0 Å². The number of ether oxygens (including phenoxy) is 1. The van der Waals surface area contributed by atoms with Gasteiger partial charge in [-0.3, -0.25) is 0 Å². The minimum atomic E-state index is -0.722. The van der Waals surface area contributed by atoms with Crippen LogP contribution in [-0.4, -0.2) is 16.2 Å². The van der Waals surface area contributed by atoms with Crippen molar-refractivity contribution in [1.82, 2.24) is 0 Å². The number of phenols is 2. The Labute approximate surface area is 120 Å². The molecule has 4 nitrogen and oxygen atoms in total. The van der Waals surface area contributed by atoms with Gasteiger partial charge in [0.05, 0.1) is 0 Å². The summed E-state index contributed by atoms with van der Waals surface area (Å²) in [6.07, 6.45) is 0. The normalized spacial score (nSPS) is 10.5. The van der Waals surface area contributed by atoms with E-state index in [1.54, 1.807) is 12.1 Å². The summed E-state index contributed by atoms with van der Waals surface area (Å²) in [6.45, 7) is 0. The van der Waals surface area contributed by atoms with Gasteiger partial charge in [-0.25, -0.2) is 4.79 Å². The van der Waals surface area contributed by atoms with Crippen LogP contribution in [0.15, 0.2) is 60.7 Å². The van der Waals surface area contributed by atoms with Crippen molar-refractivity contribution < 1.29 is 19.7 Å². The van der Waals surface area contributed by atoms with Gasteiger partial charge in [0.25, 0.3) is 0 Å². The zero-order valence-electron chi connectivity index (χ0n) is 11.0. The highest BCUT2D eigenvalue weighted by Gasteiger charge is 2.17. The lowest BCUT2D eigenvalue weighted by Crippen LogP contribution is -2.09. The quantitative estimate of drug-likeness (QED) is 0.428. The van der Waals surface area contributed by atoms with Crippen LogP contribution in [0, 0.1) is 0 Å². The van der Waals surface area contributed by atoms with Gasteiger partial charge in [-0.2, -0.15) is 0 Å². The number of carbonyl (C=O) groups excluding carboxylic acids is 1. The number of phenolic OH excluding ortho intramolecular Hbond substituents is 2. The smallest absolute Gasteiger partial charge is 0.347 e. The third-order valence-corrected chi connectivity index (χ3v) is 3.19. The fourth-order valence-corrected chi connectivity index (χ4v) is 2.14. The van der Waals surface area contributed by atoms with Crippen LogP contribution in [0.25, 0.3) is 10.8 Å². The van der Waals surface area contributed by atoms with Crippen LogP contribution in [0.5, 0.6) is 17.2 Å². The number of carbonyl (C=O) groups is 1. The molecule has 0 saturated heterocycles. The third kappa shape index (κ3) is 2.39. The summed E-state index contributed by atoms with van der Waals surface area (Å²) in [6, 6.07) is 17.0. The first-order valence-electron chi connectivity index (χ1n) is 6.37. The molecule has 0 heterocycles. The van der Waals surface area contributed by atoms with E-state index in [0.29, 0.717) is 5.75 Å². The standard InChI is InChI=1S/C17H12O4/c18-14-9-4-8-13(16(14)19)17(20)21-15-10-3-6-11-5-1-2-7-12(11)15/h1-10,18-19H. The van der Waals surface area contributed by atoms with E-state index >= 15 is 0 Å². The maximum Gasteiger partial charge on any atom is 0.347 e. The Kier molecular flexibility index (Phi) is 3.20. The largest absolute Gasteiger partial charge is 0.504 e. The van der Waals surface area contributed by atoms with E-state index in [1.807, 2.05) is 30.3 Å². The summed E-state index contributed by atoms with van der Waals surface area (Å²) in [5.41, 5.74) is -0.0806. The molecule has 0 atom stereocenters. The molecule has 0 radical (unpaired) electrons. The first kappa shape index (κ1) is 13.0. The molecule has 21 heavy (non-hydrogen) atoms. The lowest BCUT2D eigenvalue weighted by atomic mass is 10.1. The molecule has 0 aromatic heterocycles. The molecule has 0 fully saturated rings. The number of hydrogen-bond donors (Lipinski definition) is 2. The van der Waals surface area contributed by atoms with E-state index in [4.69, 9.17) is 4.74 Å². The fraction of sp³-hybridized carbons (Fsp3) is 0. The average Bonchev–Trinajstić information content (AvgIpc) is 2.50. The number of para-hydroxylation sites is 1. The molecule has 0 saturated carbocycles. The molecule has 3 aromatic carbocycles. The minimum Gasteiger partial charge on any atom is -0.504 e. The number of fused-ring (bicyclic) bond motifs is 1. The summed E-state index contributed by atoms with van der Waals surface area (Å²) in [5.74, 6) is -1.16. The zero-order chi connectivity index (χ0) is 14.8. The highest BCUT2D eigenvalue weighted by atomic mass is 16.5. The summed E-state index contributed by atoms with van der Waals surface area (Å²) < 4.78 is 5.34. The van der Waals surface area contributed by atoms with Crippen molar-refractivity contribution in [2.24, 2.45) is 0 Å². The number of esters is 1. The molecule has 104 valence electrons. The van der Waals surface area contributed by atoms with Gasteiger partial charge in [-0.15, -0.1) is 0 Å².